The van der Waals surface area contributed by atoms with Gasteiger partial charge in [0.2, 0.25) is 0 Å². The lowest BCUT2D eigenvalue weighted by atomic mass is 10.0. The molecule has 98 valence electrons. The molecule has 1 aliphatic rings. The second-order valence-corrected chi connectivity index (χ2v) is 4.77. The van der Waals surface area contributed by atoms with E-state index < -0.39 is 0 Å². The summed E-state index contributed by atoms with van der Waals surface area (Å²) in [5.74, 6) is 1.48. The van der Waals surface area contributed by atoms with Crippen molar-refractivity contribution in [1.82, 2.24) is 5.32 Å². The van der Waals surface area contributed by atoms with Crippen molar-refractivity contribution in [2.45, 2.75) is 26.8 Å². The minimum absolute atomic E-state index is 0.0816. The standard InChI is InChI=1S/C14H19NO3/c1-9(2)15-8-12(16)11-7-14-13(6-10(11)3)17-4-5-18-14/h6-7,9,15H,4-5,8H2,1-3H3. The van der Waals surface area contributed by atoms with Gasteiger partial charge in [-0.05, 0) is 24.6 Å². The molecule has 0 fully saturated rings. The van der Waals surface area contributed by atoms with Crippen molar-refractivity contribution in [1.29, 1.82) is 0 Å². The lowest BCUT2D eigenvalue weighted by Crippen LogP contribution is -2.29. The largest absolute Gasteiger partial charge is 0.486 e. The summed E-state index contributed by atoms with van der Waals surface area (Å²) in [5, 5.41) is 3.13. The van der Waals surface area contributed by atoms with Gasteiger partial charge in [0.15, 0.2) is 17.3 Å². The molecule has 1 heterocycles. The average Bonchev–Trinajstić information content (AvgIpc) is 2.35. The summed E-state index contributed by atoms with van der Waals surface area (Å²) < 4.78 is 11.0. The lowest BCUT2D eigenvalue weighted by Gasteiger charge is -2.20. The van der Waals surface area contributed by atoms with Crippen LogP contribution in [-0.2, 0) is 0 Å². The van der Waals surface area contributed by atoms with Crippen LogP contribution in [0.4, 0.5) is 0 Å². The second-order valence-electron chi connectivity index (χ2n) is 4.77. The number of carbonyl (C=O) groups is 1. The smallest absolute Gasteiger partial charge is 0.177 e. The number of aryl methyl sites for hydroxylation is 1. The van der Waals surface area contributed by atoms with E-state index in [0.29, 0.717) is 37.1 Å². The van der Waals surface area contributed by atoms with Gasteiger partial charge < -0.3 is 14.8 Å². The highest BCUT2D eigenvalue weighted by molar-refractivity contribution is 5.99. The Bertz CT molecular complexity index is 455. The normalized spacial score (nSPS) is 13.8. The first kappa shape index (κ1) is 12.9. The fourth-order valence-corrected chi connectivity index (χ4v) is 1.88. The Labute approximate surface area is 107 Å². The van der Waals surface area contributed by atoms with Crippen LogP contribution in [0.5, 0.6) is 11.5 Å². The Morgan fingerprint density at radius 2 is 1.89 bits per heavy atom. The van der Waals surface area contributed by atoms with Gasteiger partial charge in [-0.25, -0.2) is 0 Å². The van der Waals surface area contributed by atoms with E-state index in [1.165, 1.54) is 0 Å². The molecule has 4 nitrogen and oxygen atoms in total. The minimum atomic E-state index is 0.0816. The Morgan fingerprint density at radius 1 is 1.28 bits per heavy atom. The first-order valence-electron chi connectivity index (χ1n) is 6.24. The van der Waals surface area contributed by atoms with Gasteiger partial charge in [-0.15, -0.1) is 0 Å². The van der Waals surface area contributed by atoms with Crippen LogP contribution in [0.25, 0.3) is 0 Å². The molecule has 18 heavy (non-hydrogen) atoms. The maximum Gasteiger partial charge on any atom is 0.177 e. The molecule has 0 bridgehead atoms. The SMILES string of the molecule is Cc1cc2c(cc1C(=O)CNC(C)C)OCCO2. The maximum absolute atomic E-state index is 12.1. The zero-order chi connectivity index (χ0) is 13.1. The average molecular weight is 249 g/mol. The van der Waals surface area contributed by atoms with Crippen molar-refractivity contribution in [2.75, 3.05) is 19.8 Å². The van der Waals surface area contributed by atoms with Gasteiger partial charge in [-0.1, -0.05) is 13.8 Å². The summed E-state index contributed by atoms with van der Waals surface area (Å²) >= 11 is 0. The third-order valence-electron chi connectivity index (χ3n) is 2.86. The van der Waals surface area contributed by atoms with E-state index in [9.17, 15) is 4.79 Å². The molecule has 0 unspecified atom stereocenters. The van der Waals surface area contributed by atoms with Crippen molar-refractivity contribution < 1.29 is 14.3 Å². The predicted molar refractivity (Wildman–Crippen MR) is 69.6 cm³/mol. The molecule has 0 radical (unpaired) electrons. The third kappa shape index (κ3) is 2.82. The number of hydrogen-bond acceptors (Lipinski definition) is 4. The molecule has 4 heteroatoms. The number of ketones is 1. The lowest BCUT2D eigenvalue weighted by molar-refractivity contribution is 0.0986. The number of rotatable bonds is 4. The number of nitrogens with one attached hydrogen (secondary N) is 1. The van der Waals surface area contributed by atoms with Crippen LogP contribution in [0.2, 0.25) is 0 Å². The number of hydrogen-bond donors (Lipinski definition) is 1. The number of Topliss-reactive ketones (excluding diaryl/α,β-unsaturated/α-hetero) is 1. The highest BCUT2D eigenvalue weighted by Crippen LogP contribution is 2.33. The fourth-order valence-electron chi connectivity index (χ4n) is 1.88. The van der Waals surface area contributed by atoms with Crippen LogP contribution in [-0.4, -0.2) is 31.6 Å². The topological polar surface area (TPSA) is 47.6 Å². The summed E-state index contributed by atoms with van der Waals surface area (Å²) in [6.45, 7) is 7.40. The number of carbonyl (C=O) groups excluding carboxylic acids is 1. The van der Waals surface area contributed by atoms with Crippen LogP contribution in [0.3, 0.4) is 0 Å². The summed E-state index contributed by atoms with van der Waals surface area (Å²) in [5.41, 5.74) is 1.63. The van der Waals surface area contributed by atoms with E-state index in [1.807, 2.05) is 26.8 Å². The molecular formula is C14H19NO3. The molecule has 0 spiro atoms. The van der Waals surface area contributed by atoms with E-state index in [0.717, 1.165) is 11.3 Å². The van der Waals surface area contributed by atoms with Crippen LogP contribution < -0.4 is 14.8 Å². The van der Waals surface area contributed by atoms with Crippen molar-refractivity contribution in [3.8, 4) is 11.5 Å². The highest BCUT2D eigenvalue weighted by Gasteiger charge is 2.17. The van der Waals surface area contributed by atoms with Crippen molar-refractivity contribution in [3.05, 3.63) is 23.3 Å². The first-order valence-corrected chi connectivity index (χ1v) is 6.24. The van der Waals surface area contributed by atoms with Crippen LogP contribution in [0.15, 0.2) is 12.1 Å². The second kappa shape index (κ2) is 5.40. The minimum Gasteiger partial charge on any atom is -0.486 e. The Balaban J connectivity index is 2.19. The number of ether oxygens (including phenoxy) is 2. The van der Waals surface area contributed by atoms with Gasteiger partial charge in [-0.2, -0.15) is 0 Å². The van der Waals surface area contributed by atoms with Gasteiger partial charge in [0.05, 0.1) is 6.54 Å². The van der Waals surface area contributed by atoms with E-state index in [-0.39, 0.29) is 5.78 Å². The van der Waals surface area contributed by atoms with Gasteiger partial charge in [0.1, 0.15) is 13.2 Å². The van der Waals surface area contributed by atoms with E-state index >= 15 is 0 Å². The Kier molecular flexibility index (Phi) is 3.87. The molecule has 1 aliphatic heterocycles. The van der Waals surface area contributed by atoms with Crippen molar-refractivity contribution >= 4 is 5.78 Å². The quantitative estimate of drug-likeness (QED) is 0.828. The van der Waals surface area contributed by atoms with Crippen LogP contribution in [0, 0.1) is 6.92 Å². The van der Waals surface area contributed by atoms with E-state index in [4.69, 9.17) is 9.47 Å². The predicted octanol–water partition coefficient (Wildman–Crippen LogP) is 1.95. The molecule has 1 aromatic carbocycles. The molecule has 0 aromatic heterocycles. The van der Waals surface area contributed by atoms with Crippen LogP contribution in [0.1, 0.15) is 29.8 Å². The molecule has 0 amide bonds. The Hall–Kier alpha value is -1.55. The Morgan fingerprint density at radius 3 is 2.50 bits per heavy atom. The summed E-state index contributed by atoms with van der Waals surface area (Å²) in [6, 6.07) is 3.96. The maximum atomic E-state index is 12.1. The number of benzene rings is 1. The van der Waals surface area contributed by atoms with Gasteiger partial charge >= 0.3 is 0 Å². The zero-order valence-corrected chi connectivity index (χ0v) is 11.1. The molecule has 0 atom stereocenters. The van der Waals surface area contributed by atoms with E-state index in [2.05, 4.69) is 5.32 Å². The molecule has 0 aliphatic carbocycles. The monoisotopic (exact) mass is 249 g/mol. The highest BCUT2D eigenvalue weighted by atomic mass is 16.6. The molecular weight excluding hydrogens is 230 g/mol. The van der Waals surface area contributed by atoms with E-state index in [1.54, 1.807) is 6.07 Å². The molecule has 2 rings (SSSR count). The fraction of sp³-hybridized carbons (Fsp3) is 0.500. The van der Waals surface area contributed by atoms with Crippen LogP contribution >= 0.6 is 0 Å². The zero-order valence-electron chi connectivity index (χ0n) is 11.1. The summed E-state index contributed by atoms with van der Waals surface area (Å²) in [4.78, 5) is 12.1. The molecule has 0 saturated heterocycles. The number of fused-ring (bicyclic) bond motifs is 1. The van der Waals surface area contributed by atoms with Gasteiger partial charge in [0, 0.05) is 11.6 Å². The van der Waals surface area contributed by atoms with Gasteiger partial charge in [0.25, 0.3) is 0 Å². The summed E-state index contributed by atoms with van der Waals surface area (Å²) in [7, 11) is 0. The summed E-state index contributed by atoms with van der Waals surface area (Å²) in [6.07, 6.45) is 0. The third-order valence-corrected chi connectivity index (χ3v) is 2.86. The van der Waals surface area contributed by atoms with Crippen molar-refractivity contribution in [2.24, 2.45) is 0 Å². The van der Waals surface area contributed by atoms with Gasteiger partial charge in [-0.3, -0.25) is 4.79 Å². The van der Waals surface area contributed by atoms with Crippen molar-refractivity contribution in [3.63, 3.8) is 0 Å². The molecule has 1 N–H and O–H groups in total. The molecule has 0 saturated carbocycles. The molecule has 1 aromatic rings. The first-order chi connectivity index (χ1) is 8.58.